The predicted molar refractivity (Wildman–Crippen MR) is 126 cm³/mol. The van der Waals surface area contributed by atoms with E-state index in [2.05, 4.69) is 32.3 Å². The first-order chi connectivity index (χ1) is 14.2. The first kappa shape index (κ1) is 24.2. The Bertz CT molecular complexity index is 779. The average molecular weight is 530 g/mol. The number of aromatic nitrogens is 3. The molecule has 0 atom stereocenters. The van der Waals surface area contributed by atoms with E-state index in [9.17, 15) is 0 Å². The number of hydrogen-bond donors (Lipinski definition) is 3. The molecular weight excluding hydrogens is 499 g/mol. The topological polar surface area (TPSA) is 108 Å². The molecule has 30 heavy (non-hydrogen) atoms. The van der Waals surface area contributed by atoms with Crippen molar-refractivity contribution >= 4 is 29.9 Å². The zero-order valence-corrected chi connectivity index (χ0v) is 19.8. The van der Waals surface area contributed by atoms with Crippen LogP contribution in [0.4, 0.5) is 0 Å². The summed E-state index contributed by atoms with van der Waals surface area (Å²) < 4.78 is 10.9. The minimum absolute atomic E-state index is 0. The van der Waals surface area contributed by atoms with Crippen molar-refractivity contribution in [3.63, 3.8) is 0 Å². The molecule has 1 aromatic carbocycles. The van der Waals surface area contributed by atoms with E-state index in [1.165, 1.54) is 0 Å². The van der Waals surface area contributed by atoms with E-state index in [0.29, 0.717) is 24.0 Å². The van der Waals surface area contributed by atoms with Gasteiger partial charge in [0.05, 0.1) is 20.3 Å². The summed E-state index contributed by atoms with van der Waals surface area (Å²) in [7, 11) is 1.61. The van der Waals surface area contributed by atoms with Gasteiger partial charge in [-0.2, -0.15) is 5.10 Å². The number of guanidine groups is 1. The number of rotatable bonds is 8. The Balaban J connectivity index is 0.00000320. The van der Waals surface area contributed by atoms with Gasteiger partial charge < -0.3 is 24.8 Å². The second-order valence-corrected chi connectivity index (χ2v) is 6.86. The highest BCUT2D eigenvalue weighted by molar-refractivity contribution is 14.0. The zero-order chi connectivity index (χ0) is 20.5. The Labute approximate surface area is 194 Å². The SMILES string of the molecule is CCNC(=NCc1ccc(OCCO)c(OC)c1)N1CCC(c2ncn[nH]2)CC1.I. The highest BCUT2D eigenvalue weighted by Crippen LogP contribution is 2.28. The number of likely N-dealkylation sites (tertiary alicyclic amines) is 1. The third-order valence-electron chi connectivity index (χ3n) is 4.94. The second kappa shape index (κ2) is 12.6. The fraction of sp³-hybridized carbons (Fsp3) is 0.550. The summed E-state index contributed by atoms with van der Waals surface area (Å²) in [5.41, 5.74) is 1.03. The van der Waals surface area contributed by atoms with Crippen molar-refractivity contribution < 1.29 is 14.6 Å². The van der Waals surface area contributed by atoms with Gasteiger partial charge in [-0.1, -0.05) is 6.07 Å². The van der Waals surface area contributed by atoms with Crippen molar-refractivity contribution in [2.45, 2.75) is 32.2 Å². The number of H-pyrrole nitrogens is 1. The highest BCUT2D eigenvalue weighted by Gasteiger charge is 2.24. The van der Waals surface area contributed by atoms with Crippen LogP contribution in [0.1, 0.15) is 37.1 Å². The van der Waals surface area contributed by atoms with Crippen LogP contribution in [0.15, 0.2) is 29.5 Å². The van der Waals surface area contributed by atoms with Crippen LogP contribution in [0.2, 0.25) is 0 Å². The number of ether oxygens (including phenoxy) is 2. The third kappa shape index (κ3) is 6.46. The average Bonchev–Trinajstić information content (AvgIpc) is 3.30. The van der Waals surface area contributed by atoms with Gasteiger partial charge in [0, 0.05) is 25.6 Å². The van der Waals surface area contributed by atoms with Crippen molar-refractivity contribution in [1.82, 2.24) is 25.4 Å². The van der Waals surface area contributed by atoms with E-state index >= 15 is 0 Å². The summed E-state index contributed by atoms with van der Waals surface area (Å²) in [4.78, 5) is 11.4. The summed E-state index contributed by atoms with van der Waals surface area (Å²) in [6.07, 6.45) is 3.61. The van der Waals surface area contributed by atoms with Gasteiger partial charge in [-0.3, -0.25) is 5.10 Å². The number of nitrogens with one attached hydrogen (secondary N) is 2. The molecule has 3 N–H and O–H groups in total. The predicted octanol–water partition coefficient (Wildman–Crippen LogP) is 2.15. The third-order valence-corrected chi connectivity index (χ3v) is 4.94. The maximum Gasteiger partial charge on any atom is 0.194 e. The Morgan fingerprint density at radius 1 is 1.33 bits per heavy atom. The lowest BCUT2D eigenvalue weighted by molar-refractivity contribution is 0.196. The molecule has 0 saturated carbocycles. The number of methoxy groups -OCH3 is 1. The van der Waals surface area contributed by atoms with Crippen molar-refractivity contribution in [3.05, 3.63) is 35.9 Å². The molecule has 1 aliphatic rings. The standard InChI is InChI=1S/C20H30N6O3.HI/c1-3-21-20(26-8-6-16(7-9-26)19-23-14-24-25-19)22-13-15-4-5-17(29-11-10-27)18(12-15)28-2;/h4-5,12,14,16,27H,3,6-11,13H2,1-2H3,(H,21,22)(H,23,24,25);1H. The molecule has 1 aliphatic heterocycles. The lowest BCUT2D eigenvalue weighted by atomic mass is 9.96. The number of halogens is 1. The number of aliphatic hydroxyl groups excluding tert-OH is 1. The molecule has 0 radical (unpaired) electrons. The Kier molecular flexibility index (Phi) is 10.1. The van der Waals surface area contributed by atoms with Crippen LogP contribution in [0.25, 0.3) is 0 Å². The van der Waals surface area contributed by atoms with Crippen LogP contribution >= 0.6 is 24.0 Å². The van der Waals surface area contributed by atoms with Gasteiger partial charge in [0.2, 0.25) is 0 Å². The van der Waals surface area contributed by atoms with E-state index in [1.807, 2.05) is 18.2 Å². The largest absolute Gasteiger partial charge is 0.493 e. The smallest absolute Gasteiger partial charge is 0.194 e. The molecule has 2 aromatic rings. The summed E-state index contributed by atoms with van der Waals surface area (Å²) in [6.45, 7) is 5.49. The molecule has 0 aliphatic carbocycles. The maximum absolute atomic E-state index is 8.93. The van der Waals surface area contributed by atoms with Gasteiger partial charge in [0.15, 0.2) is 17.5 Å². The molecule has 1 fully saturated rings. The van der Waals surface area contributed by atoms with E-state index < -0.39 is 0 Å². The van der Waals surface area contributed by atoms with Gasteiger partial charge in [0.25, 0.3) is 0 Å². The monoisotopic (exact) mass is 530 g/mol. The van der Waals surface area contributed by atoms with E-state index in [1.54, 1.807) is 13.4 Å². The molecule has 166 valence electrons. The van der Waals surface area contributed by atoms with E-state index in [4.69, 9.17) is 19.6 Å². The number of nitrogens with zero attached hydrogens (tertiary/aromatic N) is 4. The van der Waals surface area contributed by atoms with Gasteiger partial charge in [-0.25, -0.2) is 9.98 Å². The van der Waals surface area contributed by atoms with Crippen LogP contribution in [-0.4, -0.2) is 71.1 Å². The lowest BCUT2D eigenvalue weighted by Crippen LogP contribution is -2.45. The fourth-order valence-corrected chi connectivity index (χ4v) is 3.45. The second-order valence-electron chi connectivity index (χ2n) is 6.86. The Morgan fingerprint density at radius 2 is 2.13 bits per heavy atom. The van der Waals surface area contributed by atoms with Crippen LogP contribution in [0.5, 0.6) is 11.5 Å². The summed E-state index contributed by atoms with van der Waals surface area (Å²) in [6, 6.07) is 5.75. The Hall–Kier alpha value is -2.08. The first-order valence-electron chi connectivity index (χ1n) is 10.0. The van der Waals surface area contributed by atoms with E-state index in [0.717, 1.165) is 49.8 Å². The minimum Gasteiger partial charge on any atom is -0.493 e. The number of aromatic amines is 1. The molecular formula is C20H31IN6O3. The molecule has 10 heteroatoms. The quantitative estimate of drug-likeness (QED) is 0.273. The number of benzene rings is 1. The van der Waals surface area contributed by atoms with Crippen LogP contribution in [0, 0.1) is 0 Å². The minimum atomic E-state index is -0.0334. The first-order valence-corrected chi connectivity index (χ1v) is 10.0. The lowest BCUT2D eigenvalue weighted by Gasteiger charge is -2.33. The molecule has 0 amide bonds. The number of aliphatic imine (C=N–C) groups is 1. The van der Waals surface area contributed by atoms with Gasteiger partial charge in [-0.05, 0) is 37.5 Å². The van der Waals surface area contributed by atoms with Gasteiger partial charge >= 0.3 is 0 Å². The number of piperidine rings is 1. The maximum atomic E-state index is 8.93. The molecule has 1 saturated heterocycles. The molecule has 2 heterocycles. The van der Waals surface area contributed by atoms with Crippen molar-refractivity contribution in [2.75, 3.05) is 40.0 Å². The summed E-state index contributed by atoms with van der Waals surface area (Å²) in [5.74, 6) is 3.58. The molecule has 3 rings (SSSR count). The van der Waals surface area contributed by atoms with Crippen molar-refractivity contribution in [2.24, 2.45) is 4.99 Å². The van der Waals surface area contributed by atoms with Crippen LogP contribution in [-0.2, 0) is 6.54 Å². The summed E-state index contributed by atoms with van der Waals surface area (Å²) in [5, 5.41) is 19.3. The highest BCUT2D eigenvalue weighted by atomic mass is 127. The molecule has 9 nitrogen and oxygen atoms in total. The zero-order valence-electron chi connectivity index (χ0n) is 17.5. The number of aliphatic hydroxyl groups is 1. The van der Waals surface area contributed by atoms with Gasteiger partial charge in [0.1, 0.15) is 18.8 Å². The summed E-state index contributed by atoms with van der Waals surface area (Å²) >= 11 is 0. The molecule has 0 bridgehead atoms. The van der Waals surface area contributed by atoms with Crippen LogP contribution in [0.3, 0.4) is 0 Å². The van der Waals surface area contributed by atoms with E-state index in [-0.39, 0.29) is 37.2 Å². The Morgan fingerprint density at radius 3 is 2.77 bits per heavy atom. The molecule has 0 spiro atoms. The molecule has 0 unspecified atom stereocenters. The van der Waals surface area contributed by atoms with Crippen molar-refractivity contribution in [1.29, 1.82) is 0 Å². The van der Waals surface area contributed by atoms with Crippen molar-refractivity contribution in [3.8, 4) is 11.5 Å². The molecule has 1 aromatic heterocycles. The fourth-order valence-electron chi connectivity index (χ4n) is 3.45. The van der Waals surface area contributed by atoms with Gasteiger partial charge in [-0.15, -0.1) is 24.0 Å². The normalized spacial score (nSPS) is 14.9. The number of hydrogen-bond acceptors (Lipinski definition) is 6. The van der Waals surface area contributed by atoms with Crippen LogP contribution < -0.4 is 14.8 Å².